The minimum Gasteiger partial charge on any atom is -0.508 e. The molecule has 1 aromatic heterocycles. The number of fused-ring (bicyclic) bond motifs is 1. The molecule has 3 rings (SSSR count). The highest BCUT2D eigenvalue weighted by Crippen LogP contribution is 2.32. The van der Waals surface area contributed by atoms with Crippen LogP contribution in [-0.2, 0) is 4.79 Å². The van der Waals surface area contributed by atoms with Crippen molar-refractivity contribution in [2.45, 2.75) is 51.4 Å². The van der Waals surface area contributed by atoms with Crippen LogP contribution in [0, 0.1) is 0 Å². The molecular formula is C25H28O7. The van der Waals surface area contributed by atoms with E-state index in [0.717, 1.165) is 44.9 Å². The van der Waals surface area contributed by atoms with E-state index < -0.39 is 5.97 Å². The SMILES string of the molecule is O=C(O)CCCCCCCCCOc1oc2cc(O)ccc2c(=O)c1-c1ccc(O)cc1. The molecule has 0 spiro atoms. The molecule has 3 N–H and O–H groups in total. The number of aromatic hydroxyl groups is 2. The molecule has 0 unspecified atom stereocenters. The molecule has 2 aromatic carbocycles. The van der Waals surface area contributed by atoms with Crippen LogP contribution in [0.3, 0.4) is 0 Å². The van der Waals surface area contributed by atoms with Gasteiger partial charge in [-0.2, -0.15) is 0 Å². The molecule has 170 valence electrons. The van der Waals surface area contributed by atoms with Gasteiger partial charge in [-0.1, -0.05) is 44.2 Å². The minimum atomic E-state index is -0.746. The predicted molar refractivity (Wildman–Crippen MR) is 121 cm³/mol. The van der Waals surface area contributed by atoms with Crippen molar-refractivity contribution in [1.82, 2.24) is 0 Å². The summed E-state index contributed by atoms with van der Waals surface area (Å²) in [5.41, 5.74) is 0.826. The first kappa shape index (κ1) is 23.2. The highest BCUT2D eigenvalue weighted by Gasteiger charge is 2.18. The lowest BCUT2D eigenvalue weighted by atomic mass is 10.0. The number of benzene rings is 2. The molecule has 3 aromatic rings. The maximum absolute atomic E-state index is 13.1. The van der Waals surface area contributed by atoms with Crippen LogP contribution in [0.5, 0.6) is 17.4 Å². The lowest BCUT2D eigenvalue weighted by Crippen LogP contribution is -2.09. The van der Waals surface area contributed by atoms with Gasteiger partial charge in [0.2, 0.25) is 5.43 Å². The van der Waals surface area contributed by atoms with Crippen molar-refractivity contribution in [2.75, 3.05) is 6.61 Å². The summed E-state index contributed by atoms with van der Waals surface area (Å²) >= 11 is 0. The number of ether oxygens (including phenoxy) is 1. The van der Waals surface area contributed by atoms with Crippen LogP contribution in [0.2, 0.25) is 0 Å². The van der Waals surface area contributed by atoms with Gasteiger partial charge in [0.25, 0.3) is 5.95 Å². The first-order valence-electron chi connectivity index (χ1n) is 10.9. The van der Waals surface area contributed by atoms with Gasteiger partial charge in [0, 0.05) is 12.5 Å². The zero-order valence-electron chi connectivity index (χ0n) is 17.9. The lowest BCUT2D eigenvalue weighted by Gasteiger charge is -2.12. The molecule has 0 fully saturated rings. The second kappa shape index (κ2) is 11.2. The Balaban J connectivity index is 1.64. The van der Waals surface area contributed by atoms with Gasteiger partial charge in [-0.05, 0) is 42.7 Å². The van der Waals surface area contributed by atoms with Crippen molar-refractivity contribution >= 4 is 16.9 Å². The summed E-state index contributed by atoms with van der Waals surface area (Å²) in [6.45, 7) is 0.372. The van der Waals surface area contributed by atoms with Crippen molar-refractivity contribution < 1.29 is 29.3 Å². The van der Waals surface area contributed by atoms with Crippen molar-refractivity contribution in [3.8, 4) is 28.6 Å². The molecule has 0 bridgehead atoms. The molecule has 0 amide bonds. The zero-order chi connectivity index (χ0) is 22.9. The van der Waals surface area contributed by atoms with Gasteiger partial charge in [-0.25, -0.2) is 0 Å². The van der Waals surface area contributed by atoms with Crippen molar-refractivity contribution in [3.63, 3.8) is 0 Å². The average molecular weight is 440 g/mol. The standard InChI is InChI=1S/C25H28O7/c26-18-11-9-17(10-12-18)23-24(30)20-14-13-19(27)16-21(20)32-25(23)31-15-7-5-3-1-2-4-6-8-22(28)29/h9-14,16,26-27H,1-8,15H2,(H,28,29). The normalized spacial score (nSPS) is 11.0. The summed E-state index contributed by atoms with van der Waals surface area (Å²) < 4.78 is 11.7. The predicted octanol–water partition coefficient (Wildman–Crippen LogP) is 5.46. The molecule has 0 aliphatic rings. The van der Waals surface area contributed by atoms with Crippen LogP contribution in [0.15, 0.2) is 51.7 Å². The Morgan fingerprint density at radius 2 is 1.47 bits per heavy atom. The van der Waals surface area contributed by atoms with E-state index in [1.165, 1.54) is 30.3 Å². The van der Waals surface area contributed by atoms with E-state index in [9.17, 15) is 19.8 Å². The third-order valence-electron chi connectivity index (χ3n) is 5.27. The van der Waals surface area contributed by atoms with E-state index in [-0.39, 0.29) is 40.4 Å². The summed E-state index contributed by atoms with van der Waals surface area (Å²) in [7, 11) is 0. The minimum absolute atomic E-state index is 0.00709. The summed E-state index contributed by atoms with van der Waals surface area (Å²) in [4.78, 5) is 23.6. The first-order valence-corrected chi connectivity index (χ1v) is 10.9. The van der Waals surface area contributed by atoms with E-state index in [4.69, 9.17) is 14.3 Å². The molecule has 0 radical (unpaired) electrons. The molecule has 0 atom stereocenters. The molecule has 0 aliphatic heterocycles. The van der Waals surface area contributed by atoms with Crippen LogP contribution in [0.1, 0.15) is 51.4 Å². The Bertz CT molecular complexity index is 1100. The van der Waals surface area contributed by atoms with Crippen LogP contribution < -0.4 is 10.2 Å². The van der Waals surface area contributed by atoms with Gasteiger partial charge in [0.15, 0.2) is 0 Å². The lowest BCUT2D eigenvalue weighted by molar-refractivity contribution is -0.137. The van der Waals surface area contributed by atoms with Gasteiger partial charge in [-0.15, -0.1) is 0 Å². The smallest absolute Gasteiger partial charge is 0.303 e. The Morgan fingerprint density at radius 1 is 0.844 bits per heavy atom. The number of carboxylic acid groups (broad SMARTS) is 1. The van der Waals surface area contributed by atoms with Crippen molar-refractivity contribution in [1.29, 1.82) is 0 Å². The fourth-order valence-electron chi connectivity index (χ4n) is 3.57. The average Bonchev–Trinajstić information content (AvgIpc) is 2.75. The van der Waals surface area contributed by atoms with Crippen LogP contribution in [-0.4, -0.2) is 27.9 Å². The largest absolute Gasteiger partial charge is 0.508 e. The van der Waals surface area contributed by atoms with Crippen LogP contribution >= 0.6 is 0 Å². The monoisotopic (exact) mass is 440 g/mol. The Morgan fingerprint density at radius 3 is 2.16 bits per heavy atom. The number of phenolic OH excluding ortho intramolecular Hbond substituents is 2. The summed E-state index contributed by atoms with van der Waals surface area (Å²) in [6.07, 6.45) is 6.69. The Kier molecular flexibility index (Phi) is 8.14. The van der Waals surface area contributed by atoms with Crippen molar-refractivity contribution in [2.24, 2.45) is 0 Å². The molecule has 7 heteroatoms. The van der Waals surface area contributed by atoms with Gasteiger partial charge >= 0.3 is 5.97 Å². The van der Waals surface area contributed by atoms with E-state index in [0.29, 0.717) is 17.6 Å². The highest BCUT2D eigenvalue weighted by atomic mass is 16.6. The summed E-state index contributed by atoms with van der Waals surface area (Å²) in [6, 6.07) is 10.6. The Hall–Kier alpha value is -3.48. The number of hydrogen-bond donors (Lipinski definition) is 3. The maximum Gasteiger partial charge on any atom is 0.303 e. The third kappa shape index (κ3) is 6.26. The van der Waals surface area contributed by atoms with E-state index in [1.807, 2.05) is 0 Å². The van der Waals surface area contributed by atoms with E-state index in [2.05, 4.69) is 0 Å². The maximum atomic E-state index is 13.1. The molecular weight excluding hydrogens is 412 g/mol. The second-order valence-corrected chi connectivity index (χ2v) is 7.79. The van der Waals surface area contributed by atoms with Gasteiger partial charge in [0.1, 0.15) is 22.6 Å². The zero-order valence-corrected chi connectivity index (χ0v) is 17.9. The Labute approximate surface area is 185 Å². The quantitative estimate of drug-likeness (QED) is 0.320. The fourth-order valence-corrected chi connectivity index (χ4v) is 3.57. The fraction of sp³-hybridized carbons (Fsp3) is 0.360. The van der Waals surface area contributed by atoms with E-state index in [1.54, 1.807) is 12.1 Å². The summed E-state index contributed by atoms with van der Waals surface area (Å²) in [5, 5.41) is 28.3. The topological polar surface area (TPSA) is 117 Å². The number of aliphatic carboxylic acids is 1. The van der Waals surface area contributed by atoms with Crippen LogP contribution in [0.4, 0.5) is 0 Å². The molecule has 7 nitrogen and oxygen atoms in total. The van der Waals surface area contributed by atoms with E-state index >= 15 is 0 Å². The number of unbranched alkanes of at least 4 members (excludes halogenated alkanes) is 6. The molecule has 0 aliphatic carbocycles. The number of carbonyl (C=O) groups is 1. The molecule has 0 saturated heterocycles. The van der Waals surface area contributed by atoms with Gasteiger partial charge in [0.05, 0.1) is 12.0 Å². The van der Waals surface area contributed by atoms with Crippen molar-refractivity contribution in [3.05, 3.63) is 52.7 Å². The number of hydrogen-bond acceptors (Lipinski definition) is 6. The first-order chi connectivity index (χ1) is 15.5. The van der Waals surface area contributed by atoms with Crippen LogP contribution in [0.25, 0.3) is 22.1 Å². The number of carboxylic acids is 1. The number of phenols is 2. The number of rotatable bonds is 12. The van der Waals surface area contributed by atoms with Gasteiger partial charge < -0.3 is 24.5 Å². The van der Waals surface area contributed by atoms with Gasteiger partial charge in [-0.3, -0.25) is 9.59 Å². The molecule has 0 saturated carbocycles. The third-order valence-corrected chi connectivity index (χ3v) is 5.27. The molecule has 32 heavy (non-hydrogen) atoms. The highest BCUT2D eigenvalue weighted by molar-refractivity contribution is 5.84. The summed E-state index contributed by atoms with van der Waals surface area (Å²) in [5.74, 6) is -0.571. The molecule has 1 heterocycles. The second-order valence-electron chi connectivity index (χ2n) is 7.79.